The van der Waals surface area contributed by atoms with E-state index in [1.165, 1.54) is 11.1 Å². The minimum absolute atomic E-state index is 0.866. The van der Waals surface area contributed by atoms with Crippen LogP contribution in [0.2, 0.25) is 0 Å². The summed E-state index contributed by atoms with van der Waals surface area (Å²) in [5.41, 5.74) is 6.75. The van der Waals surface area contributed by atoms with Gasteiger partial charge in [0.25, 0.3) is 0 Å². The number of rotatable bonds is 4. The van der Waals surface area contributed by atoms with Crippen LogP contribution < -0.4 is 9.62 Å². The molecule has 3 aromatic carbocycles. The van der Waals surface area contributed by atoms with E-state index in [-0.39, 0.29) is 0 Å². The molecular formula is C28H20BN4. The molecule has 1 aliphatic heterocycles. The maximum atomic E-state index is 4.69. The number of hydrogen-bond donors (Lipinski definition) is 0. The van der Waals surface area contributed by atoms with Crippen LogP contribution in [0.25, 0.3) is 22.3 Å². The molecule has 0 atom stereocenters. The standard InChI is InChI=1S/C28H20BN4/c1-3-9-21(10-4-1)23-15-17-30-27(19-23)32-25-13-7-8-14-26(25)33(29-32)28-20-24(16-18-31-28)22-11-5-2-6-12-22/h1-20H. The summed E-state index contributed by atoms with van der Waals surface area (Å²) in [5, 5.41) is 0. The first-order valence-corrected chi connectivity index (χ1v) is 10.9. The molecule has 4 nitrogen and oxygen atoms in total. The summed E-state index contributed by atoms with van der Waals surface area (Å²) in [5.74, 6) is 1.73. The average Bonchev–Trinajstić information content (AvgIpc) is 3.30. The number of hydrogen-bond acceptors (Lipinski definition) is 4. The molecule has 0 amide bonds. The van der Waals surface area contributed by atoms with E-state index in [2.05, 4.69) is 112 Å². The molecule has 0 saturated carbocycles. The number of aromatic nitrogens is 2. The van der Waals surface area contributed by atoms with Crippen LogP contribution in [-0.2, 0) is 0 Å². The molecule has 1 aliphatic rings. The van der Waals surface area contributed by atoms with Gasteiger partial charge in [0.2, 0.25) is 0 Å². The van der Waals surface area contributed by atoms with Gasteiger partial charge in [0, 0.05) is 12.4 Å². The van der Waals surface area contributed by atoms with Crippen molar-refractivity contribution in [2.75, 3.05) is 9.62 Å². The van der Waals surface area contributed by atoms with E-state index in [4.69, 9.17) is 0 Å². The lowest BCUT2D eigenvalue weighted by Gasteiger charge is -2.19. The zero-order chi connectivity index (χ0) is 22.0. The third-order valence-corrected chi connectivity index (χ3v) is 5.83. The fourth-order valence-electron chi connectivity index (χ4n) is 4.20. The van der Waals surface area contributed by atoms with Crippen molar-refractivity contribution < 1.29 is 0 Å². The Kier molecular flexibility index (Phi) is 4.85. The summed E-state index contributed by atoms with van der Waals surface area (Å²) in [4.78, 5) is 13.6. The van der Waals surface area contributed by atoms with E-state index in [0.29, 0.717) is 0 Å². The number of nitrogens with zero attached hydrogens (tertiary/aromatic N) is 4. The van der Waals surface area contributed by atoms with E-state index >= 15 is 0 Å². The van der Waals surface area contributed by atoms with Gasteiger partial charge >= 0.3 is 7.55 Å². The van der Waals surface area contributed by atoms with Crippen LogP contribution in [0.4, 0.5) is 23.0 Å². The van der Waals surface area contributed by atoms with Crippen molar-refractivity contribution in [1.82, 2.24) is 9.97 Å². The summed E-state index contributed by atoms with van der Waals surface area (Å²) in [6.07, 6.45) is 3.73. The normalized spacial score (nSPS) is 12.4. The number of pyridine rings is 2. The number of fused-ring (bicyclic) bond motifs is 1. The van der Waals surface area contributed by atoms with Gasteiger partial charge in [-0.2, -0.15) is 0 Å². The van der Waals surface area contributed by atoms with Crippen molar-refractivity contribution in [3.05, 3.63) is 122 Å². The highest BCUT2D eigenvalue weighted by molar-refractivity contribution is 6.55. The van der Waals surface area contributed by atoms with Gasteiger partial charge in [0.1, 0.15) is 11.6 Å². The lowest BCUT2D eigenvalue weighted by atomic mass is 10.0. The van der Waals surface area contributed by atoms with Crippen LogP contribution in [0.3, 0.4) is 0 Å². The Balaban J connectivity index is 1.39. The molecule has 0 saturated heterocycles. The monoisotopic (exact) mass is 423 g/mol. The fraction of sp³-hybridized carbons (Fsp3) is 0. The van der Waals surface area contributed by atoms with Gasteiger partial charge < -0.3 is 9.62 Å². The van der Waals surface area contributed by atoms with E-state index in [0.717, 1.165) is 34.1 Å². The molecule has 0 unspecified atom stereocenters. The van der Waals surface area contributed by atoms with Gasteiger partial charge in [0.05, 0.1) is 11.4 Å². The maximum absolute atomic E-state index is 4.69. The van der Waals surface area contributed by atoms with Gasteiger partial charge in [0.15, 0.2) is 0 Å². The molecule has 0 N–H and O–H groups in total. The molecule has 0 aliphatic carbocycles. The van der Waals surface area contributed by atoms with Crippen LogP contribution in [0, 0.1) is 0 Å². The molecule has 2 aromatic heterocycles. The summed E-state index contributed by atoms with van der Waals surface area (Å²) in [6.45, 7) is 0. The SMILES string of the molecule is [B]1N(c2cc(-c3ccccc3)ccn2)c2ccccc2N1c1cc(-c2ccccc2)ccn1. The summed E-state index contributed by atoms with van der Waals surface area (Å²) in [6, 6.07) is 37.4. The van der Waals surface area contributed by atoms with Crippen LogP contribution in [0.15, 0.2) is 122 Å². The number of benzene rings is 3. The first-order chi connectivity index (χ1) is 16.4. The zero-order valence-electron chi connectivity index (χ0n) is 17.9. The first-order valence-electron chi connectivity index (χ1n) is 10.9. The molecular weight excluding hydrogens is 403 g/mol. The Hall–Kier alpha value is -4.38. The van der Waals surface area contributed by atoms with Crippen molar-refractivity contribution in [2.45, 2.75) is 0 Å². The van der Waals surface area contributed by atoms with E-state index < -0.39 is 0 Å². The molecule has 0 spiro atoms. The number of para-hydroxylation sites is 2. The molecule has 0 fully saturated rings. The van der Waals surface area contributed by atoms with Gasteiger partial charge in [-0.05, 0) is 58.7 Å². The van der Waals surface area contributed by atoms with Crippen LogP contribution in [0.1, 0.15) is 0 Å². The topological polar surface area (TPSA) is 32.3 Å². The molecule has 5 aromatic rings. The third kappa shape index (κ3) is 3.64. The zero-order valence-corrected chi connectivity index (χ0v) is 17.9. The van der Waals surface area contributed by atoms with E-state index in [1.54, 1.807) is 0 Å². The summed E-state index contributed by atoms with van der Waals surface area (Å²) < 4.78 is 0. The van der Waals surface area contributed by atoms with Crippen molar-refractivity contribution >= 4 is 30.6 Å². The van der Waals surface area contributed by atoms with Crippen LogP contribution in [0.5, 0.6) is 0 Å². The van der Waals surface area contributed by atoms with Crippen molar-refractivity contribution in [1.29, 1.82) is 0 Å². The minimum atomic E-state index is 0.866. The molecule has 3 heterocycles. The third-order valence-electron chi connectivity index (χ3n) is 5.83. The molecule has 155 valence electrons. The van der Waals surface area contributed by atoms with Crippen LogP contribution >= 0.6 is 0 Å². The second kappa shape index (κ2) is 8.28. The van der Waals surface area contributed by atoms with Gasteiger partial charge in [-0.1, -0.05) is 72.8 Å². The Morgan fingerprint density at radius 2 is 0.879 bits per heavy atom. The Morgan fingerprint density at radius 3 is 1.33 bits per heavy atom. The maximum Gasteiger partial charge on any atom is 0.403 e. The van der Waals surface area contributed by atoms with Gasteiger partial charge in [-0.25, -0.2) is 9.97 Å². The Labute approximate surface area is 194 Å². The molecule has 1 radical (unpaired) electrons. The predicted octanol–water partition coefficient (Wildman–Crippen LogP) is 6.63. The van der Waals surface area contributed by atoms with Crippen molar-refractivity contribution in [3.63, 3.8) is 0 Å². The molecule has 6 rings (SSSR count). The predicted molar refractivity (Wildman–Crippen MR) is 136 cm³/mol. The largest absolute Gasteiger partial charge is 0.403 e. The highest BCUT2D eigenvalue weighted by atomic mass is 15.3. The second-order valence-corrected chi connectivity index (χ2v) is 7.88. The van der Waals surface area contributed by atoms with Crippen molar-refractivity contribution in [2.24, 2.45) is 0 Å². The molecule has 0 bridgehead atoms. The van der Waals surface area contributed by atoms with Gasteiger partial charge in [-0.15, -0.1) is 0 Å². The average molecular weight is 423 g/mol. The van der Waals surface area contributed by atoms with Crippen LogP contribution in [-0.4, -0.2) is 17.5 Å². The van der Waals surface area contributed by atoms with E-state index in [1.807, 2.05) is 36.7 Å². The highest BCUT2D eigenvalue weighted by Gasteiger charge is 2.31. The minimum Gasteiger partial charge on any atom is -0.351 e. The molecule has 33 heavy (non-hydrogen) atoms. The smallest absolute Gasteiger partial charge is 0.351 e. The lowest BCUT2D eigenvalue weighted by molar-refractivity contribution is 1.24. The summed E-state index contributed by atoms with van der Waals surface area (Å²) >= 11 is 0. The number of anilines is 4. The van der Waals surface area contributed by atoms with Crippen molar-refractivity contribution in [3.8, 4) is 22.3 Å². The second-order valence-electron chi connectivity index (χ2n) is 7.88. The fourth-order valence-corrected chi connectivity index (χ4v) is 4.20. The first kappa shape index (κ1) is 19.3. The highest BCUT2D eigenvalue weighted by Crippen LogP contribution is 2.42. The quantitative estimate of drug-likeness (QED) is 0.304. The van der Waals surface area contributed by atoms with E-state index in [9.17, 15) is 0 Å². The lowest BCUT2D eigenvalue weighted by Crippen LogP contribution is -2.29. The molecule has 5 heteroatoms. The summed E-state index contributed by atoms with van der Waals surface area (Å²) in [7, 11) is 2.07. The van der Waals surface area contributed by atoms with Gasteiger partial charge in [-0.3, -0.25) is 0 Å². The Bertz CT molecular complexity index is 1300. The Morgan fingerprint density at radius 1 is 0.455 bits per heavy atom.